The van der Waals surface area contributed by atoms with Crippen LogP contribution in [0.2, 0.25) is 5.02 Å². The van der Waals surface area contributed by atoms with Gasteiger partial charge in [0.15, 0.2) is 11.5 Å². The van der Waals surface area contributed by atoms with Crippen molar-refractivity contribution in [2.75, 3.05) is 5.73 Å². The first kappa shape index (κ1) is 19.1. The Kier molecular flexibility index (Phi) is 4.55. The summed E-state index contributed by atoms with van der Waals surface area (Å²) in [5.74, 6) is 0.0822. The Hall–Kier alpha value is -3.92. The Morgan fingerprint density at radius 2 is 2.16 bits per heavy atom. The minimum Gasteiger partial charge on any atom is -0.382 e. The largest absolute Gasteiger partial charge is 0.382 e. The quantitative estimate of drug-likeness (QED) is 0.384. The number of hydrogen-bond donors (Lipinski definition) is 3. The van der Waals surface area contributed by atoms with E-state index in [2.05, 4.69) is 30.4 Å². The predicted octanol–water partition coefficient (Wildman–Crippen LogP) is 2.82. The number of nitrogens with zero attached hydrogens (tertiary/aromatic N) is 5. The molecule has 4 heterocycles. The number of rotatable bonds is 5. The lowest BCUT2D eigenvalue weighted by Crippen LogP contribution is -2.23. The Balaban J connectivity index is 1.44. The smallest absolute Gasteiger partial charge is 0.256 e. The molecule has 156 valence electrons. The third kappa shape index (κ3) is 3.46. The number of anilines is 1. The molecular weight excluding hydrogens is 420 g/mol. The van der Waals surface area contributed by atoms with E-state index in [1.165, 1.54) is 12.6 Å². The van der Waals surface area contributed by atoms with E-state index >= 15 is 0 Å². The van der Waals surface area contributed by atoms with Gasteiger partial charge in [0.05, 0.1) is 30.6 Å². The molecule has 1 aromatic carbocycles. The van der Waals surface area contributed by atoms with E-state index in [4.69, 9.17) is 21.9 Å². The molecule has 0 radical (unpaired) electrons. The second kappa shape index (κ2) is 7.40. The topological polar surface area (TPSA) is 141 Å². The lowest BCUT2D eigenvalue weighted by Gasteiger charge is -2.07. The molecule has 0 atom stereocenters. The average molecular weight is 437 g/mol. The van der Waals surface area contributed by atoms with Crippen LogP contribution < -0.4 is 11.1 Å². The fourth-order valence-electron chi connectivity index (χ4n) is 3.54. The SMILES string of the molecule is Cc1nocc1C(=O)NCc1cc2cc(Cl)cc(Cn3cnc4c(N)ncnc43)c2[nH]1. The van der Waals surface area contributed by atoms with E-state index in [0.717, 1.165) is 22.2 Å². The predicted molar refractivity (Wildman–Crippen MR) is 115 cm³/mol. The molecule has 0 fully saturated rings. The lowest BCUT2D eigenvalue weighted by molar-refractivity contribution is 0.0949. The number of aromatic nitrogens is 6. The molecule has 4 aromatic heterocycles. The number of carbonyl (C=O) groups excluding carboxylic acids is 1. The van der Waals surface area contributed by atoms with E-state index in [-0.39, 0.29) is 5.91 Å². The number of nitrogens with two attached hydrogens (primary N) is 1. The molecule has 31 heavy (non-hydrogen) atoms. The molecule has 0 saturated carbocycles. The number of nitrogen functional groups attached to an aromatic ring is 1. The van der Waals surface area contributed by atoms with E-state index in [1.807, 2.05) is 22.8 Å². The van der Waals surface area contributed by atoms with Gasteiger partial charge in [-0.2, -0.15) is 0 Å². The maximum Gasteiger partial charge on any atom is 0.256 e. The molecule has 5 rings (SSSR count). The number of aryl methyl sites for hydroxylation is 1. The van der Waals surface area contributed by atoms with Crippen LogP contribution in [0, 0.1) is 6.92 Å². The van der Waals surface area contributed by atoms with Crippen LogP contribution in [-0.2, 0) is 13.1 Å². The summed E-state index contributed by atoms with van der Waals surface area (Å²) in [6.45, 7) is 2.51. The molecule has 0 saturated heterocycles. The molecular formula is C20H17ClN8O2. The number of benzene rings is 1. The maximum absolute atomic E-state index is 12.3. The number of aromatic amines is 1. The van der Waals surface area contributed by atoms with E-state index in [0.29, 0.717) is 46.4 Å². The third-order valence-electron chi connectivity index (χ3n) is 5.03. The van der Waals surface area contributed by atoms with Gasteiger partial charge in [-0.15, -0.1) is 0 Å². The Morgan fingerprint density at radius 3 is 2.97 bits per heavy atom. The van der Waals surface area contributed by atoms with Crippen molar-refractivity contribution < 1.29 is 9.32 Å². The van der Waals surface area contributed by atoms with Gasteiger partial charge in [0.1, 0.15) is 23.7 Å². The second-order valence-electron chi connectivity index (χ2n) is 7.12. The normalized spacial score (nSPS) is 11.4. The molecule has 0 spiro atoms. The molecule has 0 unspecified atom stereocenters. The number of carbonyl (C=O) groups is 1. The van der Waals surface area contributed by atoms with Crippen LogP contribution in [0.1, 0.15) is 27.3 Å². The molecule has 0 aliphatic heterocycles. The van der Waals surface area contributed by atoms with Crippen molar-refractivity contribution >= 4 is 45.4 Å². The van der Waals surface area contributed by atoms with Crippen LogP contribution in [0.3, 0.4) is 0 Å². The highest BCUT2D eigenvalue weighted by Crippen LogP contribution is 2.26. The van der Waals surface area contributed by atoms with Crippen LogP contribution in [0.4, 0.5) is 5.82 Å². The van der Waals surface area contributed by atoms with Crippen molar-refractivity contribution in [1.29, 1.82) is 0 Å². The van der Waals surface area contributed by atoms with Gasteiger partial charge in [-0.25, -0.2) is 15.0 Å². The highest BCUT2D eigenvalue weighted by atomic mass is 35.5. The van der Waals surface area contributed by atoms with Gasteiger partial charge in [0.25, 0.3) is 5.91 Å². The van der Waals surface area contributed by atoms with Crippen LogP contribution in [0.15, 0.2) is 41.6 Å². The average Bonchev–Trinajstić information content (AvgIpc) is 3.45. The summed E-state index contributed by atoms with van der Waals surface area (Å²) in [4.78, 5) is 28.3. The van der Waals surface area contributed by atoms with E-state index in [1.54, 1.807) is 13.3 Å². The fourth-order valence-corrected chi connectivity index (χ4v) is 3.79. The zero-order valence-corrected chi connectivity index (χ0v) is 17.1. The number of halogens is 1. The van der Waals surface area contributed by atoms with E-state index < -0.39 is 0 Å². The molecule has 1 amide bonds. The summed E-state index contributed by atoms with van der Waals surface area (Å²) >= 11 is 6.36. The molecule has 0 bridgehead atoms. The summed E-state index contributed by atoms with van der Waals surface area (Å²) in [5.41, 5.74) is 10.7. The summed E-state index contributed by atoms with van der Waals surface area (Å²) in [6.07, 6.45) is 4.42. The first-order chi connectivity index (χ1) is 15.0. The minimum absolute atomic E-state index is 0.252. The van der Waals surface area contributed by atoms with Crippen molar-refractivity contribution in [3.05, 3.63) is 64.7 Å². The molecule has 0 aliphatic rings. The van der Waals surface area contributed by atoms with Crippen LogP contribution >= 0.6 is 11.6 Å². The molecule has 11 heteroatoms. The Morgan fingerprint density at radius 1 is 1.29 bits per heavy atom. The molecule has 4 N–H and O–H groups in total. The monoisotopic (exact) mass is 436 g/mol. The van der Waals surface area contributed by atoms with Gasteiger partial charge >= 0.3 is 0 Å². The number of H-pyrrole nitrogens is 1. The Labute approximate surface area is 180 Å². The number of imidazole rings is 1. The summed E-state index contributed by atoms with van der Waals surface area (Å²) in [6, 6.07) is 5.72. The Bertz CT molecular complexity index is 1430. The highest BCUT2D eigenvalue weighted by Gasteiger charge is 2.15. The van der Waals surface area contributed by atoms with Gasteiger partial charge in [0, 0.05) is 16.1 Å². The zero-order valence-electron chi connectivity index (χ0n) is 16.4. The number of amides is 1. The third-order valence-corrected chi connectivity index (χ3v) is 5.25. The molecule has 5 aromatic rings. The first-order valence-corrected chi connectivity index (χ1v) is 9.78. The van der Waals surface area contributed by atoms with Crippen molar-refractivity contribution in [3.8, 4) is 0 Å². The van der Waals surface area contributed by atoms with Crippen LogP contribution in [0.5, 0.6) is 0 Å². The van der Waals surface area contributed by atoms with Crippen LogP contribution in [-0.4, -0.2) is 35.6 Å². The van der Waals surface area contributed by atoms with Gasteiger partial charge in [0.2, 0.25) is 0 Å². The van der Waals surface area contributed by atoms with Gasteiger partial charge in [-0.1, -0.05) is 16.8 Å². The molecule has 0 aliphatic carbocycles. The van der Waals surface area contributed by atoms with Gasteiger partial charge < -0.3 is 25.1 Å². The summed E-state index contributed by atoms with van der Waals surface area (Å²) < 4.78 is 6.71. The van der Waals surface area contributed by atoms with Gasteiger partial charge in [-0.3, -0.25) is 4.79 Å². The number of fused-ring (bicyclic) bond motifs is 2. The van der Waals surface area contributed by atoms with Crippen molar-refractivity contribution in [3.63, 3.8) is 0 Å². The van der Waals surface area contributed by atoms with Crippen molar-refractivity contribution in [1.82, 2.24) is 35.0 Å². The maximum atomic E-state index is 12.3. The standard InChI is InChI=1S/C20H17ClN8O2/c1-10-15(7-31-28-10)20(30)23-5-14-4-11-2-13(21)3-12(16(11)27-14)6-29-9-26-17-18(22)24-8-25-19(17)29/h2-4,7-9,27H,5-6H2,1H3,(H,23,30)(H2,22,24,25). The highest BCUT2D eigenvalue weighted by molar-refractivity contribution is 6.31. The minimum atomic E-state index is -0.252. The van der Waals surface area contributed by atoms with Crippen molar-refractivity contribution in [2.45, 2.75) is 20.0 Å². The summed E-state index contributed by atoms with van der Waals surface area (Å²) in [7, 11) is 0. The van der Waals surface area contributed by atoms with Crippen molar-refractivity contribution in [2.24, 2.45) is 0 Å². The van der Waals surface area contributed by atoms with E-state index in [9.17, 15) is 4.79 Å². The molecule has 10 nitrogen and oxygen atoms in total. The summed E-state index contributed by atoms with van der Waals surface area (Å²) in [5, 5.41) is 8.14. The van der Waals surface area contributed by atoms with Gasteiger partial charge in [-0.05, 0) is 30.7 Å². The number of nitrogens with one attached hydrogen (secondary N) is 2. The second-order valence-corrected chi connectivity index (χ2v) is 7.56. The zero-order chi connectivity index (χ0) is 21.5. The number of hydrogen-bond acceptors (Lipinski definition) is 7. The lowest BCUT2D eigenvalue weighted by atomic mass is 10.1. The first-order valence-electron chi connectivity index (χ1n) is 9.40. The van der Waals surface area contributed by atoms with Crippen LogP contribution in [0.25, 0.3) is 22.1 Å². The fraction of sp³-hybridized carbons (Fsp3) is 0.150.